The van der Waals surface area contributed by atoms with E-state index < -0.39 is 0 Å². The molecular formula is C17H22O3. The van der Waals surface area contributed by atoms with Gasteiger partial charge in [-0.15, -0.1) is 0 Å². The molecule has 0 atom stereocenters. The summed E-state index contributed by atoms with van der Waals surface area (Å²) in [4.78, 5) is 11.3. The van der Waals surface area contributed by atoms with E-state index in [2.05, 4.69) is 0 Å². The summed E-state index contributed by atoms with van der Waals surface area (Å²) in [6.45, 7) is 1.86. The maximum atomic E-state index is 11.3. The number of ketones is 1. The largest absolute Gasteiger partial charge is 0.493 e. The van der Waals surface area contributed by atoms with Gasteiger partial charge in [0, 0.05) is 6.42 Å². The smallest absolute Gasteiger partial charge is 0.162 e. The average Bonchev–Trinajstić information content (AvgIpc) is 2.98. The van der Waals surface area contributed by atoms with E-state index in [-0.39, 0.29) is 5.78 Å². The van der Waals surface area contributed by atoms with Gasteiger partial charge in [0.2, 0.25) is 0 Å². The number of carbonyl (C=O) groups is 1. The molecule has 0 spiro atoms. The van der Waals surface area contributed by atoms with Gasteiger partial charge in [0.25, 0.3) is 0 Å². The van der Waals surface area contributed by atoms with Crippen LogP contribution in [0.15, 0.2) is 24.3 Å². The molecule has 0 amide bonds. The molecule has 0 aliphatic heterocycles. The molecule has 1 saturated carbocycles. The highest BCUT2D eigenvalue weighted by Gasteiger charge is 2.18. The van der Waals surface area contributed by atoms with Gasteiger partial charge in [0.1, 0.15) is 0 Å². The molecule has 0 unspecified atom stereocenters. The van der Waals surface area contributed by atoms with Gasteiger partial charge in [-0.2, -0.15) is 0 Å². The Hall–Kier alpha value is -1.77. The monoisotopic (exact) mass is 274 g/mol. The molecule has 0 saturated heterocycles. The van der Waals surface area contributed by atoms with Crippen LogP contribution in [0.4, 0.5) is 0 Å². The minimum atomic E-state index is 0.124. The van der Waals surface area contributed by atoms with Crippen LogP contribution in [0.25, 0.3) is 6.08 Å². The summed E-state index contributed by atoms with van der Waals surface area (Å²) in [6, 6.07) is 5.76. The first-order valence-corrected chi connectivity index (χ1v) is 7.28. The highest BCUT2D eigenvalue weighted by Crippen LogP contribution is 2.32. The van der Waals surface area contributed by atoms with E-state index in [0.717, 1.165) is 29.9 Å². The Morgan fingerprint density at radius 2 is 2.05 bits per heavy atom. The van der Waals surface area contributed by atoms with Gasteiger partial charge in [-0.25, -0.2) is 0 Å². The zero-order chi connectivity index (χ0) is 14.4. The summed E-state index contributed by atoms with van der Waals surface area (Å²) in [5.74, 6) is 1.64. The predicted molar refractivity (Wildman–Crippen MR) is 80.2 cm³/mol. The van der Waals surface area contributed by atoms with Gasteiger partial charge in [0.05, 0.1) is 13.2 Å². The maximum absolute atomic E-state index is 11.3. The van der Waals surface area contributed by atoms with Crippen molar-refractivity contribution in [1.29, 1.82) is 0 Å². The number of hydrogen-bond acceptors (Lipinski definition) is 3. The van der Waals surface area contributed by atoms with Crippen molar-refractivity contribution in [3.05, 3.63) is 29.8 Å². The number of carbonyl (C=O) groups excluding carboxylic acids is 1. The van der Waals surface area contributed by atoms with Crippen molar-refractivity contribution in [2.75, 3.05) is 7.11 Å². The molecule has 1 aliphatic rings. The first-order chi connectivity index (χ1) is 9.72. The minimum Gasteiger partial charge on any atom is -0.493 e. The van der Waals surface area contributed by atoms with Crippen LogP contribution >= 0.6 is 0 Å². The van der Waals surface area contributed by atoms with Crippen molar-refractivity contribution in [3.8, 4) is 11.5 Å². The number of benzene rings is 1. The molecule has 3 nitrogen and oxygen atoms in total. The van der Waals surface area contributed by atoms with Gasteiger partial charge in [0.15, 0.2) is 17.3 Å². The van der Waals surface area contributed by atoms with Gasteiger partial charge >= 0.3 is 0 Å². The Morgan fingerprint density at radius 1 is 1.30 bits per heavy atom. The van der Waals surface area contributed by atoms with Crippen LogP contribution in [-0.4, -0.2) is 19.0 Å². The van der Waals surface area contributed by atoms with Crippen LogP contribution in [0.1, 0.15) is 44.6 Å². The van der Waals surface area contributed by atoms with Crippen LogP contribution in [0, 0.1) is 0 Å². The van der Waals surface area contributed by atoms with Crippen molar-refractivity contribution in [1.82, 2.24) is 0 Å². The van der Waals surface area contributed by atoms with Gasteiger partial charge in [-0.3, -0.25) is 4.79 Å². The van der Waals surface area contributed by atoms with Crippen molar-refractivity contribution in [2.24, 2.45) is 0 Å². The van der Waals surface area contributed by atoms with Crippen LogP contribution in [0.5, 0.6) is 11.5 Å². The Bertz CT molecular complexity index is 485. The molecule has 108 valence electrons. The number of ether oxygens (including phenoxy) is 2. The van der Waals surface area contributed by atoms with E-state index in [4.69, 9.17) is 9.47 Å². The molecule has 0 bridgehead atoms. The molecule has 0 heterocycles. The van der Waals surface area contributed by atoms with E-state index >= 15 is 0 Å². The second-order valence-corrected chi connectivity index (χ2v) is 5.09. The van der Waals surface area contributed by atoms with Crippen molar-refractivity contribution < 1.29 is 14.3 Å². The molecule has 20 heavy (non-hydrogen) atoms. The Morgan fingerprint density at radius 3 is 2.70 bits per heavy atom. The summed E-state index contributed by atoms with van der Waals surface area (Å²) in [5.41, 5.74) is 0.959. The lowest BCUT2D eigenvalue weighted by Crippen LogP contribution is -2.11. The second kappa shape index (κ2) is 7.13. The van der Waals surface area contributed by atoms with E-state index in [1.807, 2.05) is 31.2 Å². The molecule has 1 aromatic carbocycles. The third-order valence-electron chi connectivity index (χ3n) is 3.59. The van der Waals surface area contributed by atoms with E-state index in [1.165, 1.54) is 12.8 Å². The molecule has 0 N–H and O–H groups in total. The fraction of sp³-hybridized carbons (Fsp3) is 0.471. The fourth-order valence-electron chi connectivity index (χ4n) is 2.38. The van der Waals surface area contributed by atoms with Gasteiger partial charge in [-0.1, -0.05) is 19.1 Å². The van der Waals surface area contributed by atoms with Gasteiger partial charge < -0.3 is 9.47 Å². The van der Waals surface area contributed by atoms with E-state index in [0.29, 0.717) is 12.5 Å². The average molecular weight is 274 g/mol. The third-order valence-corrected chi connectivity index (χ3v) is 3.59. The summed E-state index contributed by atoms with van der Waals surface area (Å²) in [6.07, 6.45) is 8.94. The molecule has 2 rings (SSSR count). The lowest BCUT2D eigenvalue weighted by Gasteiger charge is -2.16. The molecule has 3 heteroatoms. The summed E-state index contributed by atoms with van der Waals surface area (Å²) in [5, 5.41) is 0. The van der Waals surface area contributed by atoms with Crippen molar-refractivity contribution in [2.45, 2.75) is 45.1 Å². The van der Waals surface area contributed by atoms with Crippen molar-refractivity contribution in [3.63, 3.8) is 0 Å². The van der Waals surface area contributed by atoms with Crippen LogP contribution in [-0.2, 0) is 4.79 Å². The Kier molecular flexibility index (Phi) is 5.22. The summed E-state index contributed by atoms with van der Waals surface area (Å²) >= 11 is 0. The molecule has 0 radical (unpaired) electrons. The summed E-state index contributed by atoms with van der Waals surface area (Å²) < 4.78 is 11.4. The van der Waals surface area contributed by atoms with Crippen LogP contribution < -0.4 is 9.47 Å². The minimum absolute atomic E-state index is 0.124. The zero-order valence-electron chi connectivity index (χ0n) is 12.2. The number of rotatable bonds is 6. The standard InChI is InChI=1S/C17H22O3/c1-3-14(18)10-8-13-9-11-16(19-2)17(12-13)20-15-6-4-5-7-15/h8-12,15H,3-7H2,1-2H3. The maximum Gasteiger partial charge on any atom is 0.162 e. The SMILES string of the molecule is CCC(=O)C=Cc1ccc(OC)c(OC2CCCC2)c1. The quantitative estimate of drug-likeness (QED) is 0.735. The van der Waals surface area contributed by atoms with E-state index in [9.17, 15) is 4.79 Å². The molecule has 1 fully saturated rings. The topological polar surface area (TPSA) is 35.5 Å². The predicted octanol–water partition coefficient (Wildman–Crippen LogP) is 4.01. The number of methoxy groups -OCH3 is 1. The van der Waals surface area contributed by atoms with Crippen LogP contribution in [0.2, 0.25) is 0 Å². The fourth-order valence-corrected chi connectivity index (χ4v) is 2.38. The second-order valence-electron chi connectivity index (χ2n) is 5.09. The molecule has 0 aromatic heterocycles. The van der Waals surface area contributed by atoms with Crippen molar-refractivity contribution >= 4 is 11.9 Å². The number of allylic oxidation sites excluding steroid dienone is 1. The van der Waals surface area contributed by atoms with Crippen LogP contribution in [0.3, 0.4) is 0 Å². The zero-order valence-corrected chi connectivity index (χ0v) is 12.2. The summed E-state index contributed by atoms with van der Waals surface area (Å²) in [7, 11) is 1.65. The highest BCUT2D eigenvalue weighted by atomic mass is 16.5. The van der Waals surface area contributed by atoms with Gasteiger partial charge in [-0.05, 0) is 49.5 Å². The first-order valence-electron chi connectivity index (χ1n) is 7.28. The number of hydrogen-bond donors (Lipinski definition) is 0. The highest BCUT2D eigenvalue weighted by molar-refractivity contribution is 5.93. The Balaban J connectivity index is 2.14. The molecule has 1 aromatic rings. The molecule has 1 aliphatic carbocycles. The normalized spacial score (nSPS) is 15.7. The van der Waals surface area contributed by atoms with E-state index in [1.54, 1.807) is 13.2 Å². The third kappa shape index (κ3) is 3.86. The first kappa shape index (κ1) is 14.6. The molecular weight excluding hydrogens is 252 g/mol. The lowest BCUT2D eigenvalue weighted by molar-refractivity contribution is -0.114. The Labute approximate surface area is 120 Å². The lowest BCUT2D eigenvalue weighted by atomic mass is 10.1.